The molecule has 4 aliphatic rings. The van der Waals surface area contributed by atoms with Gasteiger partial charge in [0.2, 0.25) is 30.2 Å². The summed E-state index contributed by atoms with van der Waals surface area (Å²) >= 11 is 0. The van der Waals surface area contributed by atoms with Gasteiger partial charge in [0.05, 0.1) is 53.9 Å². The molecule has 0 unspecified atom stereocenters. The lowest BCUT2D eigenvalue weighted by molar-refractivity contribution is -0.352. The van der Waals surface area contributed by atoms with E-state index in [0.29, 0.717) is 12.0 Å². The van der Waals surface area contributed by atoms with Gasteiger partial charge in [0, 0.05) is 81.1 Å². The van der Waals surface area contributed by atoms with Gasteiger partial charge >= 0.3 is 23.9 Å². The molecule has 0 spiro atoms. The SMILES string of the molecule is CC[C@H]1O[C@@H](O[C@H]2[C@H](OC(C)=O)[C@@H](OC(C)=O)[C@H](Oc3cc(O)c4c(=O)cc(-c5cc(OC)c(O)c(OC)c5)oc4c3)O[C@@H]2CC)[C@H](OC(C)=O)[C@@H](OC(C)=O)[C@@H]1C.COc1cc(-c2cc(=O)c3c(O)cc(O[C@@H]4O[C@H](CO)[C@@H](O[C@@H]5O[C@H](CO)[C@@H](O)[C@H](O)[C@H]5O)[C@H](O)[C@H]4O)cc3o2)cc(OC)c1O. The molecule has 0 aliphatic carbocycles. The average molecular weight is 1470 g/mol. The molecule has 4 aromatic carbocycles. The lowest BCUT2D eigenvalue weighted by Gasteiger charge is -2.48. The van der Waals surface area contributed by atoms with Crippen LogP contribution in [0.2, 0.25) is 0 Å². The molecule has 6 aromatic rings. The van der Waals surface area contributed by atoms with Crippen molar-refractivity contribution in [2.24, 2.45) is 5.92 Å². The third-order valence-corrected chi connectivity index (χ3v) is 17.5. The average Bonchev–Trinajstić information content (AvgIpc) is 0.773. The van der Waals surface area contributed by atoms with E-state index in [2.05, 4.69) is 0 Å². The predicted octanol–water partition coefficient (Wildman–Crippen LogP) is 2.18. The van der Waals surface area contributed by atoms with Gasteiger partial charge in [0.1, 0.15) is 117 Å². The van der Waals surface area contributed by atoms with Crippen molar-refractivity contribution in [3.8, 4) is 80.1 Å². The second-order valence-corrected chi connectivity index (χ2v) is 24.4. The first-order valence-corrected chi connectivity index (χ1v) is 32.5. The van der Waals surface area contributed by atoms with Crippen LogP contribution in [-0.2, 0) is 66.5 Å². The Morgan fingerprint density at radius 1 is 0.413 bits per heavy atom. The van der Waals surface area contributed by atoms with Crippen LogP contribution in [0.15, 0.2) is 79.1 Å². The third kappa shape index (κ3) is 16.9. The normalized spacial score (nSPS) is 28.9. The van der Waals surface area contributed by atoms with Crippen LogP contribution >= 0.6 is 0 Å². The smallest absolute Gasteiger partial charge is 0.303 e. The van der Waals surface area contributed by atoms with Gasteiger partial charge in [-0.3, -0.25) is 28.8 Å². The summed E-state index contributed by atoms with van der Waals surface area (Å²) in [5.74, 6) is -5.11. The molecule has 11 N–H and O–H groups in total. The Labute approximate surface area is 590 Å². The fourth-order valence-electron chi connectivity index (χ4n) is 12.5. The molecule has 568 valence electrons. The Kier molecular flexibility index (Phi) is 25.5. The molecule has 2 aromatic heterocycles. The number of phenols is 4. The van der Waals surface area contributed by atoms with Gasteiger partial charge in [-0.1, -0.05) is 20.8 Å². The molecule has 104 heavy (non-hydrogen) atoms. The van der Waals surface area contributed by atoms with Crippen LogP contribution in [-0.4, -0.2) is 238 Å². The highest BCUT2D eigenvalue weighted by Gasteiger charge is 2.56. The minimum Gasteiger partial charge on any atom is -0.507 e. The van der Waals surface area contributed by atoms with Crippen molar-refractivity contribution in [3.63, 3.8) is 0 Å². The molecule has 0 radical (unpaired) electrons. The Bertz CT molecular complexity index is 4120. The van der Waals surface area contributed by atoms with Crippen LogP contribution < -0.4 is 39.3 Å². The fraction of sp³-hybridized carbons (Fsp3) is 0.507. The molecule has 4 fully saturated rings. The van der Waals surface area contributed by atoms with Gasteiger partial charge in [-0.2, -0.15) is 0 Å². The second-order valence-electron chi connectivity index (χ2n) is 24.4. The number of aliphatic hydroxyl groups excluding tert-OH is 7. The highest BCUT2D eigenvalue weighted by molar-refractivity contribution is 5.87. The monoisotopic (exact) mass is 1470 g/mol. The van der Waals surface area contributed by atoms with E-state index in [0.717, 1.165) is 38.1 Å². The maximum atomic E-state index is 13.3. The van der Waals surface area contributed by atoms with E-state index in [9.17, 15) is 84.9 Å². The quantitative estimate of drug-likeness (QED) is 0.0343. The number of esters is 4. The van der Waals surface area contributed by atoms with E-state index in [4.69, 9.17) is 84.6 Å². The zero-order valence-electron chi connectivity index (χ0n) is 57.9. The zero-order chi connectivity index (χ0) is 76.0. The van der Waals surface area contributed by atoms with Crippen molar-refractivity contribution in [3.05, 3.63) is 81.1 Å². The molecule has 4 saturated heterocycles. The maximum Gasteiger partial charge on any atom is 0.303 e. The molecule has 0 amide bonds. The summed E-state index contributed by atoms with van der Waals surface area (Å²) in [5.41, 5.74) is -0.963. The minimum atomic E-state index is -1.87. The Balaban J connectivity index is 0.000000248. The van der Waals surface area contributed by atoms with Gasteiger partial charge in [-0.05, 0) is 37.1 Å². The van der Waals surface area contributed by atoms with Crippen molar-refractivity contribution in [2.75, 3.05) is 41.7 Å². The second kappa shape index (κ2) is 33.6. The first kappa shape index (κ1) is 78.8. The third-order valence-electron chi connectivity index (χ3n) is 17.5. The number of phenolic OH excluding ortho intramolecular Hbond substituents is 4. The van der Waals surface area contributed by atoms with Crippen LogP contribution in [0.25, 0.3) is 44.6 Å². The van der Waals surface area contributed by atoms with Gasteiger partial charge in [-0.15, -0.1) is 0 Å². The first-order valence-electron chi connectivity index (χ1n) is 32.5. The summed E-state index contributed by atoms with van der Waals surface area (Å²) in [6.07, 6.45) is -26.9. The number of methoxy groups -OCH3 is 4. The molecular weight excluding hydrogens is 1390 g/mol. The summed E-state index contributed by atoms with van der Waals surface area (Å²) < 4.78 is 103. The van der Waals surface area contributed by atoms with Crippen molar-refractivity contribution in [2.45, 2.75) is 178 Å². The summed E-state index contributed by atoms with van der Waals surface area (Å²) in [6, 6.07) is 12.6. The van der Waals surface area contributed by atoms with Crippen LogP contribution in [0.5, 0.6) is 57.5 Å². The summed E-state index contributed by atoms with van der Waals surface area (Å²) in [4.78, 5) is 76.1. The number of ether oxygens (including phenoxy) is 16. The summed E-state index contributed by atoms with van der Waals surface area (Å²) in [6.45, 7) is 8.49. The number of carbonyl (C=O) groups is 4. The van der Waals surface area contributed by atoms with Crippen LogP contribution in [0, 0.1) is 5.92 Å². The topological polar surface area (TPSA) is 499 Å². The van der Waals surface area contributed by atoms with Crippen molar-refractivity contribution in [1.29, 1.82) is 0 Å². The minimum absolute atomic E-state index is 0.00329. The highest BCUT2D eigenvalue weighted by Crippen LogP contribution is 2.45. The number of hydrogen-bond acceptors (Lipinski definition) is 35. The summed E-state index contributed by atoms with van der Waals surface area (Å²) in [7, 11) is 5.31. The molecule has 4 aliphatic heterocycles. The number of fused-ring (bicyclic) bond motifs is 2. The Morgan fingerprint density at radius 3 is 1.23 bits per heavy atom. The molecule has 0 saturated carbocycles. The standard InChI is InChI=1S/C40H48O18.C29H34O17/c1-10-26-17(3)34(50-18(4)41)37(52-20(6)43)40(56-26)58-35-27(11-2)57-39(38(53-21(7)44)36(35)51-19(5)42)54-23-14-24(45)32-25(46)16-28(55-29(32)15-23)22-12-30(48-8)33(47)31(13-22)49-9;1-40-16-3-10(4-17(41-2)21(16)34)14-7-13(33)20-12(32)5-11(6-15(20)43-14)42-28-26(39)24(37)27(19(9-31)45-28)46-29-25(38)23(36)22(35)18(8-30)44-29/h12-17,26-27,34-40,45,47H,10-11H2,1-9H3;3-7,18-19,22-32,34-39H,8-9H2,1-2H3/t17-,26-,27-,34+,35-,36+,37-,38-,39-,40+;18-,19-,22-,23+,24-,25-,26-,27-,28-,29+/m11/s1. The Hall–Kier alpha value is -9.34. The van der Waals surface area contributed by atoms with Gasteiger partial charge < -0.3 is 141 Å². The van der Waals surface area contributed by atoms with Gasteiger partial charge in [-0.25, -0.2) is 0 Å². The van der Waals surface area contributed by atoms with E-state index in [-0.39, 0.29) is 91.4 Å². The molecule has 20 atom stereocenters. The number of aliphatic hydroxyl groups is 7. The van der Waals surface area contributed by atoms with E-state index >= 15 is 0 Å². The van der Waals surface area contributed by atoms with E-state index in [1.54, 1.807) is 13.8 Å². The number of aromatic hydroxyl groups is 4. The molecule has 35 nitrogen and oxygen atoms in total. The largest absolute Gasteiger partial charge is 0.507 e. The lowest BCUT2D eigenvalue weighted by Crippen LogP contribution is -2.65. The van der Waals surface area contributed by atoms with E-state index in [1.807, 2.05) is 6.92 Å². The fourth-order valence-corrected chi connectivity index (χ4v) is 12.5. The van der Waals surface area contributed by atoms with E-state index in [1.165, 1.54) is 78.7 Å². The first-order chi connectivity index (χ1) is 49.4. The summed E-state index contributed by atoms with van der Waals surface area (Å²) in [5, 5.41) is 113. The van der Waals surface area contributed by atoms with Crippen LogP contribution in [0.3, 0.4) is 0 Å². The predicted molar refractivity (Wildman–Crippen MR) is 351 cm³/mol. The number of benzene rings is 4. The zero-order valence-corrected chi connectivity index (χ0v) is 57.9. The van der Waals surface area contributed by atoms with Crippen molar-refractivity contribution in [1.82, 2.24) is 0 Å². The Morgan fingerprint density at radius 2 is 0.798 bits per heavy atom. The molecule has 6 heterocycles. The molecule has 35 heteroatoms. The number of hydrogen-bond donors (Lipinski definition) is 11. The number of carbonyl (C=O) groups excluding carboxylic acids is 4. The van der Waals surface area contributed by atoms with Crippen LogP contribution in [0.1, 0.15) is 61.3 Å². The number of rotatable bonds is 22. The highest BCUT2D eigenvalue weighted by atomic mass is 16.8. The molecule has 10 rings (SSSR count). The maximum absolute atomic E-state index is 13.3. The van der Waals surface area contributed by atoms with E-state index < -0.39 is 182 Å². The van der Waals surface area contributed by atoms with Gasteiger partial charge in [0.15, 0.2) is 58.6 Å². The van der Waals surface area contributed by atoms with Crippen LogP contribution in [0.4, 0.5) is 0 Å². The van der Waals surface area contributed by atoms with Crippen molar-refractivity contribution >= 4 is 45.8 Å². The molecular formula is C69H82O35. The van der Waals surface area contributed by atoms with Gasteiger partial charge in [0.25, 0.3) is 0 Å². The lowest BCUT2D eigenvalue weighted by atomic mass is 9.88. The van der Waals surface area contributed by atoms with Crippen molar-refractivity contribution < 1.29 is 160 Å². The molecule has 0 bridgehead atoms.